The van der Waals surface area contributed by atoms with Gasteiger partial charge < -0.3 is 9.84 Å². The number of carbonyl (C=O) groups excluding carboxylic acids is 3. The molecule has 3 aliphatic carbocycles. The van der Waals surface area contributed by atoms with Crippen molar-refractivity contribution in [3.8, 4) is 0 Å². The molecule has 0 aromatic carbocycles. The van der Waals surface area contributed by atoms with E-state index in [-0.39, 0.29) is 34.6 Å². The maximum Gasteiger partial charge on any atom is 0.222 e. The summed E-state index contributed by atoms with van der Waals surface area (Å²) in [5.74, 6) is -0.344. The molecule has 0 bridgehead atoms. The third kappa shape index (κ3) is 3.72. The number of ether oxygens (including phenoxy) is 1. The monoisotopic (exact) mass is 482 g/mol. The van der Waals surface area contributed by atoms with Crippen molar-refractivity contribution >= 4 is 17.3 Å². The standard InChI is InChI=1S/C30H42O5/c1-17-9-10-23-29(8,14-12-22(32)28(6,7)35-23)20(17)11-15-30-16-13-21(31)27(4,5)26(30)25(34)24(33)18(2)19(30)3/h23,34H,9-16H2,1-8H3/t23-,29-,30-/m0/s1. The van der Waals surface area contributed by atoms with Crippen LogP contribution in [-0.2, 0) is 19.1 Å². The molecule has 1 aliphatic heterocycles. The molecule has 2 fully saturated rings. The normalized spacial score (nSPS) is 35.2. The minimum absolute atomic E-state index is 0.0146. The average molecular weight is 483 g/mol. The summed E-state index contributed by atoms with van der Waals surface area (Å²) < 4.78 is 6.48. The first-order chi connectivity index (χ1) is 16.1. The Hall–Kier alpha value is -2.01. The van der Waals surface area contributed by atoms with E-state index in [1.54, 1.807) is 6.92 Å². The molecular weight excluding hydrogens is 440 g/mol. The molecule has 1 N–H and O–H groups in total. The minimum atomic E-state index is -0.885. The van der Waals surface area contributed by atoms with Gasteiger partial charge in [-0.1, -0.05) is 23.6 Å². The third-order valence-electron chi connectivity index (χ3n) is 10.1. The van der Waals surface area contributed by atoms with E-state index < -0.39 is 16.4 Å². The van der Waals surface area contributed by atoms with Gasteiger partial charge in [-0.2, -0.15) is 0 Å². The number of hydrogen-bond acceptors (Lipinski definition) is 5. The zero-order valence-electron chi connectivity index (χ0n) is 22.8. The van der Waals surface area contributed by atoms with E-state index >= 15 is 0 Å². The van der Waals surface area contributed by atoms with Gasteiger partial charge in [0.05, 0.1) is 6.10 Å². The van der Waals surface area contributed by atoms with Crippen LogP contribution in [0.3, 0.4) is 0 Å². The van der Waals surface area contributed by atoms with Crippen LogP contribution in [0, 0.1) is 16.2 Å². The Bertz CT molecular complexity index is 1100. The summed E-state index contributed by atoms with van der Waals surface area (Å²) in [6.07, 6.45) is 5.67. The molecule has 0 unspecified atom stereocenters. The molecule has 3 atom stereocenters. The number of allylic oxidation sites excluding steroid dienone is 4. The Balaban J connectivity index is 1.76. The number of ketones is 3. The third-order valence-corrected chi connectivity index (χ3v) is 10.1. The number of aliphatic hydroxyl groups is 1. The van der Waals surface area contributed by atoms with Crippen molar-refractivity contribution in [1.29, 1.82) is 0 Å². The molecule has 192 valence electrons. The van der Waals surface area contributed by atoms with Crippen molar-refractivity contribution in [2.24, 2.45) is 16.2 Å². The topological polar surface area (TPSA) is 80.7 Å². The molecule has 4 rings (SSSR count). The molecule has 0 aromatic heterocycles. The minimum Gasteiger partial charge on any atom is -0.504 e. The zero-order valence-corrected chi connectivity index (χ0v) is 22.8. The second-order valence-corrected chi connectivity index (χ2v) is 12.7. The lowest BCUT2D eigenvalue weighted by Gasteiger charge is -2.51. The van der Waals surface area contributed by atoms with Crippen LogP contribution in [-0.4, -0.2) is 34.2 Å². The van der Waals surface area contributed by atoms with E-state index in [1.165, 1.54) is 11.1 Å². The first-order valence-corrected chi connectivity index (χ1v) is 13.2. The highest BCUT2D eigenvalue weighted by molar-refractivity contribution is 6.10. The largest absolute Gasteiger partial charge is 0.504 e. The molecule has 4 aliphatic rings. The van der Waals surface area contributed by atoms with Gasteiger partial charge in [-0.15, -0.1) is 0 Å². The molecule has 0 spiro atoms. The summed E-state index contributed by atoms with van der Waals surface area (Å²) in [6.45, 7) is 15.7. The van der Waals surface area contributed by atoms with Crippen molar-refractivity contribution in [3.05, 3.63) is 33.6 Å². The van der Waals surface area contributed by atoms with Crippen LogP contribution < -0.4 is 0 Å². The Morgan fingerprint density at radius 2 is 1.54 bits per heavy atom. The second-order valence-electron chi connectivity index (χ2n) is 12.7. The molecule has 5 heteroatoms. The molecule has 1 saturated carbocycles. The average Bonchev–Trinajstić information content (AvgIpc) is 2.87. The number of hydrogen-bond donors (Lipinski definition) is 1. The highest BCUT2D eigenvalue weighted by atomic mass is 16.5. The fraction of sp³-hybridized carbons (Fsp3) is 0.700. The van der Waals surface area contributed by atoms with Gasteiger partial charge in [0, 0.05) is 34.7 Å². The molecule has 0 amide bonds. The van der Waals surface area contributed by atoms with Gasteiger partial charge in [0.25, 0.3) is 0 Å². The first-order valence-electron chi connectivity index (χ1n) is 13.2. The Kier molecular flexibility index (Phi) is 6.15. The predicted octanol–water partition coefficient (Wildman–Crippen LogP) is 6.52. The van der Waals surface area contributed by atoms with Crippen LogP contribution in [0.25, 0.3) is 0 Å². The highest BCUT2D eigenvalue weighted by Crippen LogP contribution is 2.60. The molecule has 1 heterocycles. The Labute approximate surface area is 210 Å². The van der Waals surface area contributed by atoms with Gasteiger partial charge in [-0.25, -0.2) is 0 Å². The summed E-state index contributed by atoms with van der Waals surface area (Å²) in [5.41, 5.74) is 2.50. The van der Waals surface area contributed by atoms with E-state index in [0.29, 0.717) is 30.4 Å². The number of fused-ring (bicyclic) bond motifs is 2. The maximum atomic E-state index is 12.9. The van der Waals surface area contributed by atoms with E-state index in [1.807, 2.05) is 34.6 Å². The maximum absolute atomic E-state index is 12.9. The van der Waals surface area contributed by atoms with E-state index in [9.17, 15) is 19.5 Å². The van der Waals surface area contributed by atoms with E-state index in [0.717, 1.165) is 37.7 Å². The van der Waals surface area contributed by atoms with E-state index in [2.05, 4.69) is 13.8 Å². The molecule has 35 heavy (non-hydrogen) atoms. The van der Waals surface area contributed by atoms with Gasteiger partial charge >= 0.3 is 0 Å². The Morgan fingerprint density at radius 3 is 2.20 bits per heavy atom. The highest BCUT2D eigenvalue weighted by Gasteiger charge is 2.56. The van der Waals surface area contributed by atoms with Crippen LogP contribution in [0.4, 0.5) is 0 Å². The van der Waals surface area contributed by atoms with Crippen molar-refractivity contribution < 1.29 is 24.2 Å². The number of Topliss-reactive ketones (excluding diaryl/α,β-unsaturated/α-hetero) is 3. The van der Waals surface area contributed by atoms with Gasteiger partial charge in [-0.3, -0.25) is 14.4 Å². The lowest BCUT2D eigenvalue weighted by atomic mass is 9.51. The molecule has 1 saturated heterocycles. The SMILES string of the molecule is CC1=C(CC[C@@]23CCC(=O)C(C)(C)C2=C(O)C(=O)C(C)=C3C)[C@]2(C)CCC(=O)C(C)(C)O[C@H]2CC1. The lowest BCUT2D eigenvalue weighted by molar-refractivity contribution is -0.150. The van der Waals surface area contributed by atoms with Crippen molar-refractivity contribution in [3.63, 3.8) is 0 Å². The molecule has 0 radical (unpaired) electrons. The lowest BCUT2D eigenvalue weighted by Crippen LogP contribution is -2.48. The summed E-state index contributed by atoms with van der Waals surface area (Å²) >= 11 is 0. The summed E-state index contributed by atoms with van der Waals surface area (Å²) in [7, 11) is 0. The fourth-order valence-electron chi connectivity index (χ4n) is 7.59. The zero-order chi connectivity index (χ0) is 26.1. The van der Waals surface area contributed by atoms with Crippen LogP contribution in [0.5, 0.6) is 0 Å². The Morgan fingerprint density at radius 1 is 0.914 bits per heavy atom. The summed E-state index contributed by atoms with van der Waals surface area (Å²) in [6, 6.07) is 0. The smallest absolute Gasteiger partial charge is 0.222 e. The fourth-order valence-corrected chi connectivity index (χ4v) is 7.59. The van der Waals surface area contributed by atoms with Crippen LogP contribution in [0.15, 0.2) is 33.6 Å². The van der Waals surface area contributed by atoms with Gasteiger partial charge in [0.2, 0.25) is 5.78 Å². The molecule has 5 nitrogen and oxygen atoms in total. The van der Waals surface area contributed by atoms with Crippen LogP contribution in [0.2, 0.25) is 0 Å². The molecular formula is C30H42O5. The quantitative estimate of drug-likeness (QED) is 0.463. The van der Waals surface area contributed by atoms with Crippen LogP contribution >= 0.6 is 0 Å². The molecule has 0 aromatic rings. The number of rotatable bonds is 3. The van der Waals surface area contributed by atoms with Gasteiger partial charge in [0.1, 0.15) is 11.4 Å². The second kappa shape index (κ2) is 8.26. The number of carbonyl (C=O) groups is 3. The summed E-state index contributed by atoms with van der Waals surface area (Å²) in [4.78, 5) is 38.7. The predicted molar refractivity (Wildman–Crippen MR) is 136 cm³/mol. The number of aliphatic hydroxyl groups excluding tert-OH is 1. The summed E-state index contributed by atoms with van der Waals surface area (Å²) in [5, 5.41) is 11.1. The first kappa shape index (κ1) is 26.1. The van der Waals surface area contributed by atoms with E-state index in [4.69, 9.17) is 4.74 Å². The van der Waals surface area contributed by atoms with Crippen LogP contribution in [0.1, 0.15) is 107 Å². The van der Waals surface area contributed by atoms with Crippen molar-refractivity contribution in [2.45, 2.75) is 118 Å². The van der Waals surface area contributed by atoms with Crippen molar-refractivity contribution in [2.75, 3.05) is 0 Å². The van der Waals surface area contributed by atoms with Crippen molar-refractivity contribution in [1.82, 2.24) is 0 Å². The van der Waals surface area contributed by atoms with Gasteiger partial charge in [0.15, 0.2) is 11.5 Å². The van der Waals surface area contributed by atoms with Gasteiger partial charge in [-0.05, 0) is 92.6 Å².